The van der Waals surface area contributed by atoms with Gasteiger partial charge in [0.25, 0.3) is 0 Å². The van der Waals surface area contributed by atoms with E-state index in [9.17, 15) is 24.9 Å². The monoisotopic (exact) mass is 486 g/mol. The van der Waals surface area contributed by atoms with E-state index in [1.165, 1.54) is 0 Å². The van der Waals surface area contributed by atoms with E-state index in [-0.39, 0.29) is 45.2 Å². The van der Waals surface area contributed by atoms with Gasteiger partial charge in [-0.3, -0.25) is 9.59 Å². The molecule has 5 aliphatic rings. The fraction of sp³-hybridized carbons (Fsp3) is 0.867. The molecule has 5 nitrogen and oxygen atoms in total. The number of ketones is 1. The number of carbonyl (C=O) groups is 2. The molecular formula is C30H46O5. The van der Waals surface area contributed by atoms with Gasteiger partial charge < -0.3 is 15.3 Å². The zero-order valence-corrected chi connectivity index (χ0v) is 22.8. The molecule has 3 N–H and O–H groups in total. The molecule has 0 unspecified atom stereocenters. The first-order valence-electron chi connectivity index (χ1n) is 13.8. The van der Waals surface area contributed by atoms with Gasteiger partial charge in [0.1, 0.15) is 0 Å². The lowest BCUT2D eigenvalue weighted by atomic mass is 9.33. The second-order valence-corrected chi connectivity index (χ2v) is 15.0. The molecule has 0 aromatic carbocycles. The molecule has 0 spiro atoms. The lowest BCUT2D eigenvalue weighted by molar-refractivity contribution is -0.238. The number of hydrogen-bond acceptors (Lipinski definition) is 4. The lowest BCUT2D eigenvalue weighted by Gasteiger charge is -2.71. The van der Waals surface area contributed by atoms with Gasteiger partial charge in [-0.15, -0.1) is 0 Å². The van der Waals surface area contributed by atoms with E-state index in [1.54, 1.807) is 0 Å². The Morgan fingerprint density at radius 1 is 0.914 bits per heavy atom. The van der Waals surface area contributed by atoms with Crippen LogP contribution in [0.2, 0.25) is 0 Å². The highest BCUT2D eigenvalue weighted by Gasteiger charge is 2.72. The van der Waals surface area contributed by atoms with Crippen LogP contribution in [0, 0.1) is 50.2 Å². The van der Waals surface area contributed by atoms with Gasteiger partial charge in [-0.25, -0.2) is 0 Å². The molecule has 196 valence electrons. The zero-order valence-electron chi connectivity index (χ0n) is 22.8. The number of fused-ring (bicyclic) bond motifs is 7. The van der Waals surface area contributed by atoms with Gasteiger partial charge in [0.2, 0.25) is 0 Å². The predicted octanol–water partition coefficient (Wildman–Crippen LogP) is 5.38. The number of allylic oxidation sites excluding steroid dienone is 2. The SMILES string of the molecule is CC1(C)[C@@H](O)CC[C@]2(C)[C@H]3C(=O)C=C4[C@@H]5C[C@@](C)(C(=O)O)CC[C@]5(C)CC[C@@]4(C)[C@]3(C)[C@@H](O)C[C@@H]12. The van der Waals surface area contributed by atoms with Crippen molar-refractivity contribution in [3.63, 3.8) is 0 Å². The summed E-state index contributed by atoms with van der Waals surface area (Å²) < 4.78 is 0. The van der Waals surface area contributed by atoms with Crippen molar-refractivity contribution in [3.05, 3.63) is 11.6 Å². The summed E-state index contributed by atoms with van der Waals surface area (Å²) >= 11 is 0. The Morgan fingerprint density at radius 3 is 2.17 bits per heavy atom. The maximum absolute atomic E-state index is 14.2. The Kier molecular flexibility index (Phi) is 5.25. The van der Waals surface area contributed by atoms with Gasteiger partial charge in [-0.2, -0.15) is 0 Å². The summed E-state index contributed by atoms with van der Waals surface area (Å²) in [5.41, 5.74) is -1.31. The third-order valence-electron chi connectivity index (χ3n) is 13.2. The Labute approximate surface area is 210 Å². The maximum atomic E-state index is 14.2. The van der Waals surface area contributed by atoms with Crippen LogP contribution >= 0.6 is 0 Å². The van der Waals surface area contributed by atoms with Crippen LogP contribution in [0.4, 0.5) is 0 Å². The summed E-state index contributed by atoms with van der Waals surface area (Å²) in [5.74, 6) is -0.823. The largest absolute Gasteiger partial charge is 0.481 e. The third-order valence-corrected chi connectivity index (χ3v) is 13.2. The molecule has 0 aliphatic heterocycles. The zero-order chi connectivity index (χ0) is 26.0. The first kappa shape index (κ1) is 25.4. The number of aliphatic hydroxyl groups excluding tert-OH is 2. The average molecular weight is 487 g/mol. The second-order valence-electron chi connectivity index (χ2n) is 15.0. The third kappa shape index (κ3) is 2.94. The van der Waals surface area contributed by atoms with E-state index in [4.69, 9.17) is 0 Å². The average Bonchev–Trinajstić information content (AvgIpc) is 2.76. The van der Waals surface area contributed by atoms with Crippen LogP contribution in [-0.4, -0.2) is 39.3 Å². The van der Waals surface area contributed by atoms with Crippen LogP contribution < -0.4 is 0 Å². The highest BCUT2D eigenvalue weighted by molar-refractivity contribution is 5.96. The lowest BCUT2D eigenvalue weighted by Crippen LogP contribution is -2.70. The van der Waals surface area contributed by atoms with Gasteiger partial charge in [-0.05, 0) is 97.9 Å². The molecule has 10 atom stereocenters. The molecule has 0 aromatic rings. The minimum atomic E-state index is -0.782. The number of carbonyl (C=O) groups excluding carboxylic acids is 1. The molecule has 4 saturated carbocycles. The molecule has 5 rings (SSSR count). The smallest absolute Gasteiger partial charge is 0.309 e. The Morgan fingerprint density at radius 2 is 1.54 bits per heavy atom. The molecule has 0 heterocycles. The molecule has 5 heteroatoms. The molecular weight excluding hydrogens is 440 g/mol. The minimum Gasteiger partial charge on any atom is -0.481 e. The van der Waals surface area contributed by atoms with Crippen LogP contribution in [0.15, 0.2) is 11.6 Å². The van der Waals surface area contributed by atoms with E-state index >= 15 is 0 Å². The topological polar surface area (TPSA) is 94.8 Å². The van der Waals surface area contributed by atoms with Crippen molar-refractivity contribution in [2.45, 2.75) is 112 Å². The summed E-state index contributed by atoms with van der Waals surface area (Å²) in [6, 6.07) is 0. The summed E-state index contributed by atoms with van der Waals surface area (Å²) in [7, 11) is 0. The van der Waals surface area contributed by atoms with E-state index < -0.39 is 29.0 Å². The van der Waals surface area contributed by atoms with E-state index in [0.717, 1.165) is 31.3 Å². The normalized spacial score (nSPS) is 55.1. The van der Waals surface area contributed by atoms with Gasteiger partial charge >= 0.3 is 5.97 Å². The Balaban J connectivity index is 1.66. The number of carboxylic acid groups (broad SMARTS) is 1. The Hall–Kier alpha value is -1.20. The second kappa shape index (κ2) is 7.22. The van der Waals surface area contributed by atoms with Crippen molar-refractivity contribution in [1.82, 2.24) is 0 Å². The van der Waals surface area contributed by atoms with Gasteiger partial charge in [-0.1, -0.05) is 47.1 Å². The first-order valence-corrected chi connectivity index (χ1v) is 13.8. The highest BCUT2D eigenvalue weighted by Crippen LogP contribution is 2.75. The summed E-state index contributed by atoms with van der Waals surface area (Å²) in [6.07, 6.45) is 6.91. The van der Waals surface area contributed by atoms with Crippen LogP contribution in [0.1, 0.15) is 99.8 Å². The van der Waals surface area contributed by atoms with E-state index in [0.29, 0.717) is 25.7 Å². The molecule has 4 fully saturated rings. The number of hydrogen-bond donors (Lipinski definition) is 3. The fourth-order valence-electron chi connectivity index (χ4n) is 10.3. The maximum Gasteiger partial charge on any atom is 0.309 e. The molecule has 0 amide bonds. The van der Waals surface area contributed by atoms with Crippen LogP contribution in [0.25, 0.3) is 0 Å². The fourth-order valence-corrected chi connectivity index (χ4v) is 10.3. The summed E-state index contributed by atoms with van der Waals surface area (Å²) in [5, 5.41) is 32.9. The summed E-state index contributed by atoms with van der Waals surface area (Å²) in [4.78, 5) is 26.5. The van der Waals surface area contributed by atoms with Crippen molar-refractivity contribution < 1.29 is 24.9 Å². The van der Waals surface area contributed by atoms with Crippen LogP contribution in [-0.2, 0) is 9.59 Å². The van der Waals surface area contributed by atoms with E-state index in [2.05, 4.69) is 41.5 Å². The molecule has 0 aromatic heterocycles. The summed E-state index contributed by atoms with van der Waals surface area (Å²) in [6.45, 7) is 15.0. The molecule has 0 saturated heterocycles. The molecule has 0 radical (unpaired) electrons. The standard InChI is InChI=1S/C30H46O5/c1-25(2)20-15-22(33)30(7)23(28(20,5)9-8-21(25)32)19(31)14-17-18-16-27(4,24(34)35)11-10-26(18,3)12-13-29(17,30)6/h14,18,20-23,32-33H,8-13,15-16H2,1-7H3,(H,34,35)/t18-,20-,21-,22-,23+,26+,27-,28-,29+,30+/m0/s1. The number of aliphatic carboxylic acids is 1. The van der Waals surface area contributed by atoms with Gasteiger partial charge in [0.05, 0.1) is 17.6 Å². The van der Waals surface area contributed by atoms with E-state index in [1.807, 2.05) is 13.0 Å². The highest BCUT2D eigenvalue weighted by atomic mass is 16.4. The van der Waals surface area contributed by atoms with Crippen LogP contribution in [0.3, 0.4) is 0 Å². The van der Waals surface area contributed by atoms with Crippen molar-refractivity contribution in [1.29, 1.82) is 0 Å². The molecule has 0 bridgehead atoms. The molecule has 5 aliphatic carbocycles. The van der Waals surface area contributed by atoms with Crippen molar-refractivity contribution in [3.8, 4) is 0 Å². The number of rotatable bonds is 1. The Bertz CT molecular complexity index is 999. The van der Waals surface area contributed by atoms with Crippen LogP contribution in [0.5, 0.6) is 0 Å². The molecule has 35 heavy (non-hydrogen) atoms. The van der Waals surface area contributed by atoms with Crippen molar-refractivity contribution >= 4 is 11.8 Å². The van der Waals surface area contributed by atoms with Crippen molar-refractivity contribution in [2.24, 2.45) is 50.2 Å². The van der Waals surface area contributed by atoms with Crippen molar-refractivity contribution in [2.75, 3.05) is 0 Å². The predicted molar refractivity (Wildman–Crippen MR) is 134 cm³/mol. The number of carboxylic acids is 1. The first-order chi connectivity index (χ1) is 16.0. The van der Waals surface area contributed by atoms with Gasteiger partial charge in [0.15, 0.2) is 5.78 Å². The number of aliphatic hydroxyl groups is 2. The quantitative estimate of drug-likeness (QED) is 0.462. The minimum absolute atomic E-state index is 0.00717. The van der Waals surface area contributed by atoms with Gasteiger partial charge in [0, 0.05) is 11.3 Å².